The molecule has 0 atom stereocenters. The molecule has 0 N–H and O–H groups in total. The summed E-state index contributed by atoms with van der Waals surface area (Å²) >= 11 is 0. The molecule has 2 aliphatic rings. The molecule has 9 heteroatoms. The Hall–Kier alpha value is -1.58. The van der Waals surface area contributed by atoms with Gasteiger partial charge in [0.05, 0.1) is 6.54 Å². The van der Waals surface area contributed by atoms with Crippen LogP contribution < -0.4 is 0 Å². The van der Waals surface area contributed by atoms with Gasteiger partial charge in [0.1, 0.15) is 11.6 Å². The summed E-state index contributed by atoms with van der Waals surface area (Å²) in [7, 11) is -4.24. The average Bonchev–Trinajstić information content (AvgIpc) is 2.91. The molecule has 2 aliphatic heterocycles. The number of amides is 1. The number of likely N-dealkylation sites (tertiary alicyclic amines) is 1. The van der Waals surface area contributed by atoms with Gasteiger partial charge in [0.15, 0.2) is 4.90 Å². The fourth-order valence-electron chi connectivity index (χ4n) is 3.60. The highest BCUT2D eigenvalue weighted by Crippen LogP contribution is 2.23. The van der Waals surface area contributed by atoms with Crippen molar-refractivity contribution in [3.05, 3.63) is 29.8 Å². The Morgan fingerprint density at radius 2 is 1.44 bits per heavy atom. The van der Waals surface area contributed by atoms with Crippen molar-refractivity contribution in [1.82, 2.24) is 14.1 Å². The maximum absolute atomic E-state index is 13.9. The Bertz CT molecular complexity index is 752. The van der Waals surface area contributed by atoms with Crippen molar-refractivity contribution < 1.29 is 22.0 Å². The number of sulfonamides is 1. The zero-order valence-corrected chi connectivity index (χ0v) is 16.1. The molecule has 27 heavy (non-hydrogen) atoms. The van der Waals surface area contributed by atoms with Gasteiger partial charge in [0.2, 0.25) is 15.9 Å². The number of carbonyl (C=O) groups excluding carboxylic acids is 1. The normalized spacial score (nSPS) is 20.4. The Balaban J connectivity index is 1.59. The molecule has 2 fully saturated rings. The quantitative estimate of drug-likeness (QED) is 0.770. The number of hydrogen-bond acceptors (Lipinski definition) is 4. The maximum Gasteiger partial charge on any atom is 0.249 e. The van der Waals surface area contributed by atoms with Gasteiger partial charge in [-0.25, -0.2) is 17.2 Å². The van der Waals surface area contributed by atoms with Crippen LogP contribution in [0.25, 0.3) is 0 Å². The molecule has 0 radical (unpaired) electrons. The lowest BCUT2D eigenvalue weighted by atomic mass is 10.2. The van der Waals surface area contributed by atoms with Gasteiger partial charge >= 0.3 is 0 Å². The standard InChI is InChI=1S/C18H25F2N3O3S/c19-15-6-5-7-16(20)18(15)27(25,26)23-12-10-21(11-13-23)14-17(24)22-8-3-1-2-4-9-22/h5-7H,1-4,8-14H2. The van der Waals surface area contributed by atoms with Gasteiger partial charge in [-0.05, 0) is 25.0 Å². The smallest absolute Gasteiger partial charge is 0.249 e. The van der Waals surface area contributed by atoms with Gasteiger partial charge in [0, 0.05) is 39.3 Å². The fourth-order valence-corrected chi connectivity index (χ4v) is 5.13. The predicted molar refractivity (Wildman–Crippen MR) is 96.6 cm³/mol. The largest absolute Gasteiger partial charge is 0.342 e. The van der Waals surface area contributed by atoms with Crippen molar-refractivity contribution in [2.24, 2.45) is 0 Å². The highest BCUT2D eigenvalue weighted by Gasteiger charge is 2.33. The zero-order valence-electron chi connectivity index (χ0n) is 15.2. The number of piperazine rings is 1. The van der Waals surface area contributed by atoms with E-state index in [9.17, 15) is 22.0 Å². The first-order valence-corrected chi connectivity index (χ1v) is 10.8. The van der Waals surface area contributed by atoms with E-state index in [1.165, 1.54) is 0 Å². The highest BCUT2D eigenvalue weighted by molar-refractivity contribution is 7.89. The van der Waals surface area contributed by atoms with Gasteiger partial charge in [0.25, 0.3) is 0 Å². The van der Waals surface area contributed by atoms with Gasteiger partial charge < -0.3 is 4.90 Å². The van der Waals surface area contributed by atoms with E-state index in [2.05, 4.69) is 0 Å². The molecule has 1 aromatic rings. The van der Waals surface area contributed by atoms with Gasteiger partial charge in [-0.1, -0.05) is 18.9 Å². The SMILES string of the molecule is O=C(CN1CCN(S(=O)(=O)c2c(F)cccc2F)CC1)N1CCCCCC1. The van der Waals surface area contributed by atoms with E-state index in [0.717, 1.165) is 61.3 Å². The molecule has 0 aromatic heterocycles. The monoisotopic (exact) mass is 401 g/mol. The lowest BCUT2D eigenvalue weighted by molar-refractivity contribution is -0.132. The number of carbonyl (C=O) groups is 1. The van der Waals surface area contributed by atoms with E-state index in [1.807, 2.05) is 9.80 Å². The maximum atomic E-state index is 13.9. The van der Waals surface area contributed by atoms with Crippen molar-refractivity contribution in [1.29, 1.82) is 0 Å². The van der Waals surface area contributed by atoms with Crippen LogP contribution in [0.1, 0.15) is 25.7 Å². The molecule has 1 aromatic carbocycles. The molecule has 2 heterocycles. The topological polar surface area (TPSA) is 60.9 Å². The van der Waals surface area contributed by atoms with E-state index < -0.39 is 26.6 Å². The molecule has 0 aliphatic carbocycles. The first kappa shape index (κ1) is 20.2. The third-order valence-electron chi connectivity index (χ3n) is 5.17. The third-order valence-corrected chi connectivity index (χ3v) is 7.12. The van der Waals surface area contributed by atoms with Crippen LogP contribution >= 0.6 is 0 Å². The minimum absolute atomic E-state index is 0.0633. The minimum Gasteiger partial charge on any atom is -0.342 e. The molecule has 3 rings (SSSR count). The second-order valence-electron chi connectivity index (χ2n) is 7.03. The van der Waals surface area contributed by atoms with Crippen LogP contribution in [0.4, 0.5) is 8.78 Å². The molecule has 1 amide bonds. The summed E-state index contributed by atoms with van der Waals surface area (Å²) in [6, 6.07) is 3.01. The van der Waals surface area contributed by atoms with Crippen LogP contribution in [-0.2, 0) is 14.8 Å². The van der Waals surface area contributed by atoms with E-state index in [1.54, 1.807) is 0 Å². The summed E-state index contributed by atoms with van der Waals surface area (Å²) in [5.41, 5.74) is 0. The van der Waals surface area contributed by atoms with Crippen LogP contribution in [0, 0.1) is 11.6 Å². The number of rotatable bonds is 4. The summed E-state index contributed by atoms with van der Waals surface area (Å²) < 4.78 is 54.0. The van der Waals surface area contributed by atoms with Gasteiger partial charge in [-0.15, -0.1) is 0 Å². The van der Waals surface area contributed by atoms with Crippen LogP contribution in [0.15, 0.2) is 23.1 Å². The zero-order chi connectivity index (χ0) is 19.4. The van der Waals surface area contributed by atoms with Gasteiger partial charge in [-0.2, -0.15) is 4.31 Å². The van der Waals surface area contributed by atoms with E-state index in [-0.39, 0.29) is 25.5 Å². The van der Waals surface area contributed by atoms with E-state index in [4.69, 9.17) is 0 Å². The van der Waals surface area contributed by atoms with Crippen molar-refractivity contribution in [3.8, 4) is 0 Å². The van der Waals surface area contributed by atoms with E-state index in [0.29, 0.717) is 13.1 Å². The lowest BCUT2D eigenvalue weighted by Crippen LogP contribution is -2.51. The molecule has 0 spiro atoms. The van der Waals surface area contributed by atoms with Crippen molar-refractivity contribution >= 4 is 15.9 Å². The summed E-state index contributed by atoms with van der Waals surface area (Å²) in [6.07, 6.45) is 4.33. The minimum atomic E-state index is -4.24. The summed E-state index contributed by atoms with van der Waals surface area (Å²) in [4.78, 5) is 15.3. The molecule has 2 saturated heterocycles. The fraction of sp³-hybridized carbons (Fsp3) is 0.611. The van der Waals surface area contributed by atoms with Crippen LogP contribution in [0.5, 0.6) is 0 Å². The highest BCUT2D eigenvalue weighted by atomic mass is 32.2. The van der Waals surface area contributed by atoms with Crippen LogP contribution in [0.3, 0.4) is 0 Å². The van der Waals surface area contributed by atoms with Crippen LogP contribution in [-0.4, -0.2) is 74.2 Å². The first-order chi connectivity index (χ1) is 12.9. The molecule has 150 valence electrons. The van der Waals surface area contributed by atoms with Crippen molar-refractivity contribution in [3.63, 3.8) is 0 Å². The molecular weight excluding hydrogens is 376 g/mol. The lowest BCUT2D eigenvalue weighted by Gasteiger charge is -2.34. The number of halogens is 2. The predicted octanol–water partition coefficient (Wildman–Crippen LogP) is 1.67. The second-order valence-corrected chi connectivity index (χ2v) is 8.90. The third kappa shape index (κ3) is 4.64. The summed E-state index contributed by atoms with van der Waals surface area (Å²) in [5, 5.41) is 0. The molecule has 0 unspecified atom stereocenters. The average molecular weight is 401 g/mol. The Morgan fingerprint density at radius 1 is 0.889 bits per heavy atom. The number of benzene rings is 1. The summed E-state index contributed by atoms with van der Waals surface area (Å²) in [6.45, 7) is 2.72. The number of nitrogens with zero attached hydrogens (tertiary/aromatic N) is 3. The number of hydrogen-bond donors (Lipinski definition) is 0. The van der Waals surface area contributed by atoms with Crippen molar-refractivity contribution in [2.45, 2.75) is 30.6 Å². The van der Waals surface area contributed by atoms with Crippen LogP contribution in [0.2, 0.25) is 0 Å². The van der Waals surface area contributed by atoms with E-state index >= 15 is 0 Å². The molecule has 0 bridgehead atoms. The summed E-state index contributed by atoms with van der Waals surface area (Å²) in [5.74, 6) is -2.11. The second kappa shape index (κ2) is 8.62. The molecular formula is C18H25F2N3O3S. The molecule has 0 saturated carbocycles. The molecule has 6 nitrogen and oxygen atoms in total. The Labute approximate surface area is 158 Å². The first-order valence-electron chi connectivity index (χ1n) is 9.34. The van der Waals surface area contributed by atoms with Gasteiger partial charge in [-0.3, -0.25) is 9.69 Å². The Kier molecular flexibility index (Phi) is 6.44. The van der Waals surface area contributed by atoms with Crippen molar-refractivity contribution in [2.75, 3.05) is 45.8 Å². The Morgan fingerprint density at radius 3 is 2.00 bits per heavy atom.